The summed E-state index contributed by atoms with van der Waals surface area (Å²) < 4.78 is 28.3. The summed E-state index contributed by atoms with van der Waals surface area (Å²) in [4.78, 5) is 0.835. The zero-order valence-electron chi connectivity index (χ0n) is 11.8. The minimum Gasteiger partial charge on any atom is -0.320 e. The Balaban J connectivity index is 2.10. The molecule has 1 unspecified atom stereocenters. The largest absolute Gasteiger partial charge is 0.320 e. The van der Waals surface area contributed by atoms with E-state index in [1.807, 2.05) is 26.0 Å². The second-order valence-electron chi connectivity index (χ2n) is 5.29. The van der Waals surface area contributed by atoms with Crippen molar-refractivity contribution in [3.8, 4) is 0 Å². The third-order valence-corrected chi connectivity index (χ3v) is 4.78. The van der Waals surface area contributed by atoms with E-state index in [0.717, 1.165) is 26.1 Å². The summed E-state index contributed by atoms with van der Waals surface area (Å²) in [6, 6.07) is 9.40. The smallest absolute Gasteiger partial charge is 0.128 e. The topological polar surface area (TPSA) is 26.0 Å². The normalized spacial score (nSPS) is 12.8. The second kappa shape index (κ2) is 5.20. The Kier molecular flexibility index (Phi) is 3.51. The molecule has 2 aromatic carbocycles. The van der Waals surface area contributed by atoms with Crippen molar-refractivity contribution >= 4 is 21.4 Å². The Morgan fingerprint density at radius 3 is 2.52 bits per heavy atom. The molecule has 1 heterocycles. The Labute approximate surface area is 126 Å². The van der Waals surface area contributed by atoms with E-state index in [0.29, 0.717) is 5.56 Å². The molecule has 21 heavy (non-hydrogen) atoms. The maximum atomic E-state index is 14.2. The first-order valence-corrected chi connectivity index (χ1v) is 7.48. The van der Waals surface area contributed by atoms with Gasteiger partial charge in [-0.3, -0.25) is 0 Å². The number of hydrogen-bond acceptors (Lipinski definition) is 2. The van der Waals surface area contributed by atoms with Crippen molar-refractivity contribution in [3.05, 3.63) is 69.6 Å². The molecular weight excluding hydrogens is 288 g/mol. The number of halogens is 2. The van der Waals surface area contributed by atoms with Gasteiger partial charge in [-0.15, -0.1) is 11.3 Å². The van der Waals surface area contributed by atoms with Crippen molar-refractivity contribution in [2.24, 2.45) is 5.73 Å². The van der Waals surface area contributed by atoms with Crippen molar-refractivity contribution in [2.75, 3.05) is 0 Å². The molecule has 3 rings (SSSR count). The van der Waals surface area contributed by atoms with Crippen LogP contribution in [0.4, 0.5) is 8.78 Å². The van der Waals surface area contributed by atoms with Gasteiger partial charge in [-0.1, -0.05) is 12.1 Å². The first-order chi connectivity index (χ1) is 9.95. The molecule has 0 aliphatic rings. The minimum absolute atomic E-state index is 0.276. The van der Waals surface area contributed by atoms with Gasteiger partial charge in [0.2, 0.25) is 0 Å². The molecule has 3 aromatic rings. The van der Waals surface area contributed by atoms with Crippen LogP contribution in [0.25, 0.3) is 10.1 Å². The number of thiophene rings is 1. The Morgan fingerprint density at radius 1 is 1.05 bits per heavy atom. The van der Waals surface area contributed by atoms with Gasteiger partial charge in [0.15, 0.2) is 0 Å². The van der Waals surface area contributed by atoms with Gasteiger partial charge in [-0.2, -0.15) is 0 Å². The van der Waals surface area contributed by atoms with Crippen LogP contribution in [0.2, 0.25) is 0 Å². The lowest BCUT2D eigenvalue weighted by molar-refractivity contribution is 0.597. The Bertz CT molecular complexity index is 800. The van der Waals surface area contributed by atoms with Gasteiger partial charge >= 0.3 is 0 Å². The van der Waals surface area contributed by atoms with Crippen LogP contribution < -0.4 is 5.73 Å². The van der Waals surface area contributed by atoms with Crippen LogP contribution in [0.3, 0.4) is 0 Å². The van der Waals surface area contributed by atoms with E-state index in [-0.39, 0.29) is 11.6 Å². The second-order valence-corrected chi connectivity index (χ2v) is 6.40. The van der Waals surface area contributed by atoms with E-state index < -0.39 is 6.04 Å². The lowest BCUT2D eigenvalue weighted by Crippen LogP contribution is -2.14. The van der Waals surface area contributed by atoms with E-state index in [2.05, 4.69) is 0 Å². The van der Waals surface area contributed by atoms with E-state index in [9.17, 15) is 8.78 Å². The fraction of sp³-hybridized carbons (Fsp3) is 0.176. The fourth-order valence-corrected chi connectivity index (χ4v) is 3.74. The summed E-state index contributed by atoms with van der Waals surface area (Å²) in [6.07, 6.45) is 0. The zero-order chi connectivity index (χ0) is 15.1. The van der Waals surface area contributed by atoms with E-state index in [4.69, 9.17) is 5.73 Å². The predicted octanol–water partition coefficient (Wildman–Crippen LogP) is 4.84. The van der Waals surface area contributed by atoms with Crippen LogP contribution in [-0.2, 0) is 0 Å². The number of rotatable bonds is 2. The molecule has 0 bridgehead atoms. The molecule has 0 aliphatic carbocycles. The summed E-state index contributed by atoms with van der Waals surface area (Å²) >= 11 is 1.40. The van der Waals surface area contributed by atoms with Gasteiger partial charge in [-0.25, -0.2) is 8.78 Å². The first-order valence-electron chi connectivity index (χ1n) is 6.67. The molecule has 0 aliphatic heterocycles. The highest BCUT2D eigenvalue weighted by molar-refractivity contribution is 7.19. The van der Waals surface area contributed by atoms with Gasteiger partial charge < -0.3 is 5.73 Å². The van der Waals surface area contributed by atoms with Crippen molar-refractivity contribution < 1.29 is 8.78 Å². The van der Waals surface area contributed by atoms with Gasteiger partial charge in [0.1, 0.15) is 11.6 Å². The van der Waals surface area contributed by atoms with Crippen LogP contribution in [0, 0.1) is 25.5 Å². The number of fused-ring (bicyclic) bond motifs is 1. The lowest BCUT2D eigenvalue weighted by Gasteiger charge is -2.15. The molecule has 0 radical (unpaired) electrons. The number of hydrogen-bond donors (Lipinski definition) is 1. The molecule has 2 N–H and O–H groups in total. The summed E-state index contributed by atoms with van der Waals surface area (Å²) in [7, 11) is 0. The molecule has 0 fully saturated rings. The Hall–Kier alpha value is -1.78. The maximum Gasteiger partial charge on any atom is 0.128 e. The highest BCUT2D eigenvalue weighted by atomic mass is 32.1. The summed E-state index contributed by atoms with van der Waals surface area (Å²) in [6.45, 7) is 3.71. The molecule has 108 valence electrons. The number of aryl methyl sites for hydroxylation is 2. The molecule has 0 saturated carbocycles. The molecule has 1 nitrogen and oxygen atoms in total. The molecule has 0 amide bonds. The monoisotopic (exact) mass is 303 g/mol. The first kappa shape index (κ1) is 14.2. The van der Waals surface area contributed by atoms with Gasteiger partial charge in [-0.05, 0) is 54.6 Å². The van der Waals surface area contributed by atoms with Crippen molar-refractivity contribution in [2.45, 2.75) is 19.9 Å². The fourth-order valence-electron chi connectivity index (χ4n) is 2.64. The van der Waals surface area contributed by atoms with Crippen LogP contribution in [-0.4, -0.2) is 0 Å². The average Bonchev–Trinajstić information content (AvgIpc) is 2.80. The lowest BCUT2D eigenvalue weighted by atomic mass is 9.98. The van der Waals surface area contributed by atoms with Gasteiger partial charge in [0.05, 0.1) is 6.04 Å². The molecule has 0 spiro atoms. The molecular formula is C17H15F2NS. The molecule has 1 atom stereocenters. The van der Waals surface area contributed by atoms with Crippen LogP contribution in [0.5, 0.6) is 0 Å². The van der Waals surface area contributed by atoms with Crippen molar-refractivity contribution in [1.29, 1.82) is 0 Å². The number of nitrogens with two attached hydrogens (primary N) is 1. The van der Waals surface area contributed by atoms with Gasteiger partial charge in [0, 0.05) is 15.1 Å². The van der Waals surface area contributed by atoms with Crippen LogP contribution >= 0.6 is 11.3 Å². The third-order valence-electron chi connectivity index (χ3n) is 3.60. The SMILES string of the molecule is Cc1cc(C)c(C(N)c2cc3ccc(F)cc3s2)c(F)c1. The number of benzene rings is 2. The third kappa shape index (κ3) is 2.57. The summed E-state index contributed by atoms with van der Waals surface area (Å²) in [5.41, 5.74) is 8.46. The quantitative estimate of drug-likeness (QED) is 0.720. The van der Waals surface area contributed by atoms with Crippen molar-refractivity contribution in [1.82, 2.24) is 0 Å². The molecule has 4 heteroatoms. The van der Waals surface area contributed by atoms with E-state index in [1.54, 1.807) is 6.07 Å². The molecule has 1 aromatic heterocycles. The average molecular weight is 303 g/mol. The van der Waals surface area contributed by atoms with Crippen LogP contribution in [0.1, 0.15) is 27.6 Å². The predicted molar refractivity (Wildman–Crippen MR) is 83.7 cm³/mol. The van der Waals surface area contributed by atoms with Crippen molar-refractivity contribution in [3.63, 3.8) is 0 Å². The highest BCUT2D eigenvalue weighted by Gasteiger charge is 2.19. The van der Waals surface area contributed by atoms with E-state index >= 15 is 0 Å². The highest BCUT2D eigenvalue weighted by Crippen LogP contribution is 2.34. The standard InChI is InChI=1S/C17H15F2NS/c1-9-5-10(2)16(13(19)6-9)17(20)15-7-11-3-4-12(18)8-14(11)21-15/h3-8,17H,20H2,1-2H3. The maximum absolute atomic E-state index is 14.2. The summed E-state index contributed by atoms with van der Waals surface area (Å²) in [5.74, 6) is -0.564. The zero-order valence-corrected chi connectivity index (χ0v) is 12.6. The van der Waals surface area contributed by atoms with Gasteiger partial charge in [0.25, 0.3) is 0 Å². The van der Waals surface area contributed by atoms with E-state index in [1.165, 1.54) is 29.5 Å². The summed E-state index contributed by atoms with van der Waals surface area (Å²) in [5, 5.41) is 0.928. The molecule has 0 saturated heterocycles. The Morgan fingerprint density at radius 2 is 1.81 bits per heavy atom. The van der Waals surface area contributed by atoms with Crippen LogP contribution in [0.15, 0.2) is 36.4 Å². The minimum atomic E-state index is -0.536.